The quantitative estimate of drug-likeness (QED) is 0.702. The summed E-state index contributed by atoms with van der Waals surface area (Å²) in [7, 11) is 2.08. The van der Waals surface area contributed by atoms with E-state index in [2.05, 4.69) is 16.8 Å². The van der Waals surface area contributed by atoms with E-state index in [0.717, 1.165) is 32.7 Å². The second kappa shape index (κ2) is 6.65. The number of hydrogen-bond acceptors (Lipinski definition) is 5. The predicted molar refractivity (Wildman–Crippen MR) is 71.9 cm³/mol. The maximum Gasteiger partial charge on any atom is 0.236 e. The molecule has 2 aliphatic rings. The summed E-state index contributed by atoms with van der Waals surface area (Å²) in [5, 5.41) is 9.19. The van der Waals surface area contributed by atoms with E-state index in [-0.39, 0.29) is 24.7 Å². The van der Waals surface area contributed by atoms with Gasteiger partial charge in [-0.1, -0.05) is 0 Å². The molecule has 0 aromatic heterocycles. The molecule has 2 unspecified atom stereocenters. The topological polar surface area (TPSA) is 56.3 Å². The number of likely N-dealkylation sites (N-methyl/N-ethyl adjacent to an activating group) is 1. The lowest BCUT2D eigenvalue weighted by Crippen LogP contribution is -2.54. The van der Waals surface area contributed by atoms with Crippen molar-refractivity contribution in [2.24, 2.45) is 0 Å². The molecule has 0 radical (unpaired) electrons. The molecule has 6 heteroatoms. The zero-order valence-electron chi connectivity index (χ0n) is 11.9. The number of nitrogens with zero attached hydrogens (tertiary/aromatic N) is 3. The highest BCUT2D eigenvalue weighted by molar-refractivity contribution is 5.78. The Labute approximate surface area is 114 Å². The molecule has 0 bridgehead atoms. The number of morpholine rings is 1. The van der Waals surface area contributed by atoms with E-state index in [0.29, 0.717) is 13.1 Å². The van der Waals surface area contributed by atoms with Crippen molar-refractivity contribution in [3.63, 3.8) is 0 Å². The number of rotatable bonds is 3. The molecule has 110 valence electrons. The van der Waals surface area contributed by atoms with Crippen molar-refractivity contribution in [3.05, 3.63) is 0 Å². The average Bonchev–Trinajstić information content (AvgIpc) is 2.38. The Balaban J connectivity index is 1.81. The Morgan fingerprint density at radius 1 is 1.26 bits per heavy atom. The summed E-state index contributed by atoms with van der Waals surface area (Å²) in [6, 6.07) is 0. The van der Waals surface area contributed by atoms with E-state index in [9.17, 15) is 9.90 Å². The summed E-state index contributed by atoms with van der Waals surface area (Å²) >= 11 is 0. The van der Waals surface area contributed by atoms with E-state index in [1.165, 1.54) is 0 Å². The van der Waals surface area contributed by atoms with Gasteiger partial charge in [0.05, 0.1) is 25.4 Å². The fourth-order valence-electron chi connectivity index (χ4n) is 2.72. The van der Waals surface area contributed by atoms with Crippen LogP contribution in [0.1, 0.15) is 6.92 Å². The Morgan fingerprint density at radius 3 is 2.58 bits per heavy atom. The van der Waals surface area contributed by atoms with Gasteiger partial charge in [0.25, 0.3) is 0 Å². The first-order valence-corrected chi connectivity index (χ1v) is 7.03. The first-order chi connectivity index (χ1) is 9.08. The standard InChI is InChI=1S/C13H25N3O3/c1-11-7-15(8-12(10-17)19-11)9-13(18)16-5-3-14(2)4-6-16/h11-12,17H,3-10H2,1-2H3. The van der Waals surface area contributed by atoms with Crippen LogP contribution in [0.2, 0.25) is 0 Å². The molecular weight excluding hydrogens is 246 g/mol. The van der Waals surface area contributed by atoms with Crippen molar-refractivity contribution < 1.29 is 14.6 Å². The zero-order chi connectivity index (χ0) is 13.8. The summed E-state index contributed by atoms with van der Waals surface area (Å²) in [6.45, 7) is 7.37. The summed E-state index contributed by atoms with van der Waals surface area (Å²) in [5.41, 5.74) is 0. The summed E-state index contributed by atoms with van der Waals surface area (Å²) in [6.07, 6.45) is -0.0878. The lowest BCUT2D eigenvalue weighted by molar-refractivity contribution is -0.139. The molecule has 2 saturated heterocycles. The Morgan fingerprint density at radius 2 is 1.95 bits per heavy atom. The van der Waals surface area contributed by atoms with Crippen LogP contribution >= 0.6 is 0 Å². The third kappa shape index (κ3) is 4.14. The second-order valence-electron chi connectivity index (χ2n) is 5.63. The van der Waals surface area contributed by atoms with Crippen LogP contribution in [0.4, 0.5) is 0 Å². The van der Waals surface area contributed by atoms with E-state index in [1.807, 2.05) is 11.8 Å². The van der Waals surface area contributed by atoms with Crippen LogP contribution in [0.15, 0.2) is 0 Å². The number of carbonyl (C=O) groups is 1. The number of aliphatic hydroxyl groups is 1. The summed E-state index contributed by atoms with van der Waals surface area (Å²) in [4.78, 5) is 18.5. The highest BCUT2D eigenvalue weighted by atomic mass is 16.5. The van der Waals surface area contributed by atoms with Crippen LogP contribution in [-0.4, -0.2) is 97.4 Å². The van der Waals surface area contributed by atoms with Crippen LogP contribution in [0.3, 0.4) is 0 Å². The van der Waals surface area contributed by atoms with Gasteiger partial charge in [-0.15, -0.1) is 0 Å². The SMILES string of the molecule is CC1CN(CC(=O)N2CCN(C)CC2)CC(CO)O1. The van der Waals surface area contributed by atoms with Crippen LogP contribution in [0.25, 0.3) is 0 Å². The fourth-order valence-corrected chi connectivity index (χ4v) is 2.72. The van der Waals surface area contributed by atoms with Gasteiger partial charge in [-0.3, -0.25) is 9.69 Å². The van der Waals surface area contributed by atoms with Gasteiger partial charge in [-0.05, 0) is 14.0 Å². The molecule has 1 amide bonds. The molecule has 1 N–H and O–H groups in total. The van der Waals surface area contributed by atoms with Crippen molar-refractivity contribution in [1.82, 2.24) is 14.7 Å². The minimum Gasteiger partial charge on any atom is -0.394 e. The fraction of sp³-hybridized carbons (Fsp3) is 0.923. The van der Waals surface area contributed by atoms with Gasteiger partial charge in [-0.2, -0.15) is 0 Å². The van der Waals surface area contributed by atoms with E-state index >= 15 is 0 Å². The van der Waals surface area contributed by atoms with Gasteiger partial charge >= 0.3 is 0 Å². The molecule has 2 atom stereocenters. The van der Waals surface area contributed by atoms with Crippen molar-refractivity contribution in [2.75, 3.05) is 59.5 Å². The maximum absolute atomic E-state index is 12.2. The molecule has 0 saturated carbocycles. The number of hydrogen-bond donors (Lipinski definition) is 1. The van der Waals surface area contributed by atoms with Crippen molar-refractivity contribution >= 4 is 5.91 Å². The molecule has 0 spiro atoms. The largest absolute Gasteiger partial charge is 0.394 e. The normalized spacial score (nSPS) is 30.6. The summed E-state index contributed by atoms with van der Waals surface area (Å²) < 4.78 is 5.58. The number of piperazine rings is 1. The minimum atomic E-state index is -0.163. The first-order valence-electron chi connectivity index (χ1n) is 7.03. The molecule has 2 rings (SSSR count). The smallest absolute Gasteiger partial charge is 0.236 e. The highest BCUT2D eigenvalue weighted by Crippen LogP contribution is 2.11. The minimum absolute atomic E-state index is 0.0174. The van der Waals surface area contributed by atoms with E-state index < -0.39 is 0 Å². The summed E-state index contributed by atoms with van der Waals surface area (Å²) in [5.74, 6) is 0.193. The van der Waals surface area contributed by atoms with Gasteiger partial charge in [0.15, 0.2) is 0 Å². The van der Waals surface area contributed by atoms with Crippen LogP contribution < -0.4 is 0 Å². The highest BCUT2D eigenvalue weighted by Gasteiger charge is 2.28. The maximum atomic E-state index is 12.2. The number of carbonyl (C=O) groups excluding carboxylic acids is 1. The predicted octanol–water partition coefficient (Wildman–Crippen LogP) is -1.16. The van der Waals surface area contributed by atoms with Gasteiger partial charge in [0.1, 0.15) is 0 Å². The van der Waals surface area contributed by atoms with Gasteiger partial charge < -0.3 is 19.6 Å². The molecule has 0 aliphatic carbocycles. The first kappa shape index (κ1) is 14.7. The lowest BCUT2D eigenvalue weighted by atomic mass is 10.2. The molecule has 2 aliphatic heterocycles. The zero-order valence-corrected chi connectivity index (χ0v) is 11.9. The van der Waals surface area contributed by atoms with Gasteiger partial charge in [0, 0.05) is 39.3 Å². The second-order valence-corrected chi connectivity index (χ2v) is 5.63. The van der Waals surface area contributed by atoms with Gasteiger partial charge in [0.2, 0.25) is 5.91 Å². The third-order valence-corrected chi connectivity index (χ3v) is 3.82. The van der Waals surface area contributed by atoms with Gasteiger partial charge in [-0.25, -0.2) is 0 Å². The molecule has 0 aromatic carbocycles. The average molecular weight is 271 g/mol. The number of aliphatic hydroxyl groups excluding tert-OH is 1. The number of amides is 1. The lowest BCUT2D eigenvalue weighted by Gasteiger charge is -2.38. The third-order valence-electron chi connectivity index (χ3n) is 3.82. The van der Waals surface area contributed by atoms with Crippen LogP contribution in [-0.2, 0) is 9.53 Å². The molecular formula is C13H25N3O3. The molecule has 2 heterocycles. The molecule has 2 fully saturated rings. The molecule has 0 aromatic rings. The number of ether oxygens (including phenoxy) is 1. The van der Waals surface area contributed by atoms with Crippen molar-refractivity contribution in [1.29, 1.82) is 0 Å². The van der Waals surface area contributed by atoms with E-state index in [1.54, 1.807) is 0 Å². The Kier molecular flexibility index (Phi) is 5.15. The van der Waals surface area contributed by atoms with Crippen LogP contribution in [0.5, 0.6) is 0 Å². The molecule has 6 nitrogen and oxygen atoms in total. The van der Waals surface area contributed by atoms with Crippen molar-refractivity contribution in [3.8, 4) is 0 Å². The Bertz CT molecular complexity index is 306. The van der Waals surface area contributed by atoms with E-state index in [4.69, 9.17) is 4.74 Å². The Hall–Kier alpha value is -0.690. The molecule has 19 heavy (non-hydrogen) atoms. The van der Waals surface area contributed by atoms with Crippen molar-refractivity contribution in [2.45, 2.75) is 19.1 Å². The van der Waals surface area contributed by atoms with Crippen LogP contribution in [0, 0.1) is 0 Å². The monoisotopic (exact) mass is 271 g/mol.